The summed E-state index contributed by atoms with van der Waals surface area (Å²) in [6.45, 7) is 2.55. The highest BCUT2D eigenvalue weighted by atomic mass is 15.4. The van der Waals surface area contributed by atoms with Gasteiger partial charge < -0.3 is 10.2 Å². The topological polar surface area (TPSA) is 108 Å². The van der Waals surface area contributed by atoms with Crippen molar-refractivity contribution in [1.29, 1.82) is 5.26 Å². The minimum Gasteiger partial charge on any atom is -0.367 e. The van der Waals surface area contributed by atoms with Gasteiger partial charge in [0.25, 0.3) is 0 Å². The van der Waals surface area contributed by atoms with Gasteiger partial charge in [0, 0.05) is 37.9 Å². The summed E-state index contributed by atoms with van der Waals surface area (Å²) in [5.41, 5.74) is 1.06. The molecule has 4 rings (SSSR count). The maximum Gasteiger partial charge on any atom is 0.182 e. The largest absolute Gasteiger partial charge is 0.367 e. The summed E-state index contributed by atoms with van der Waals surface area (Å²) in [5, 5.41) is 24.4. The van der Waals surface area contributed by atoms with E-state index in [1.54, 1.807) is 17.0 Å². The van der Waals surface area contributed by atoms with E-state index in [-0.39, 0.29) is 0 Å². The van der Waals surface area contributed by atoms with E-state index < -0.39 is 0 Å². The van der Waals surface area contributed by atoms with Crippen molar-refractivity contribution in [2.45, 2.75) is 0 Å². The third-order valence-electron chi connectivity index (χ3n) is 3.79. The molecule has 0 aliphatic carbocycles. The third-order valence-corrected chi connectivity index (χ3v) is 3.79. The van der Waals surface area contributed by atoms with Gasteiger partial charge in [-0.2, -0.15) is 9.78 Å². The van der Waals surface area contributed by atoms with E-state index in [2.05, 4.69) is 35.5 Å². The van der Waals surface area contributed by atoms with Crippen LogP contribution in [0.2, 0.25) is 0 Å². The van der Waals surface area contributed by atoms with Gasteiger partial charge in [-0.1, -0.05) is 0 Å². The van der Waals surface area contributed by atoms with Crippen LogP contribution in [-0.4, -0.2) is 49.4 Å². The molecule has 3 aromatic rings. The standard InChI is InChI=1S/C14H13N9/c15-5-11-14(17-4-3-16-11)18-6-10-7-22(8-10)13-2-1-12-20-19-9-23(12)21-13/h1-4,9-10H,6-8H2,(H,17,18). The van der Waals surface area contributed by atoms with Gasteiger partial charge >= 0.3 is 0 Å². The molecule has 0 bridgehead atoms. The number of anilines is 2. The Balaban J connectivity index is 1.35. The molecule has 4 heterocycles. The van der Waals surface area contributed by atoms with E-state index in [1.807, 2.05) is 18.2 Å². The molecule has 114 valence electrons. The van der Waals surface area contributed by atoms with Crippen molar-refractivity contribution in [3.05, 3.63) is 36.5 Å². The molecule has 0 radical (unpaired) electrons. The van der Waals surface area contributed by atoms with Gasteiger partial charge in [-0.15, -0.1) is 15.3 Å². The van der Waals surface area contributed by atoms with E-state index in [0.717, 1.165) is 31.1 Å². The normalized spacial score (nSPS) is 14.5. The van der Waals surface area contributed by atoms with Crippen molar-refractivity contribution in [2.24, 2.45) is 5.92 Å². The van der Waals surface area contributed by atoms with Crippen LogP contribution < -0.4 is 10.2 Å². The Morgan fingerprint density at radius 1 is 1.26 bits per heavy atom. The van der Waals surface area contributed by atoms with Crippen LogP contribution in [-0.2, 0) is 0 Å². The minimum atomic E-state index is 0.323. The molecule has 0 amide bonds. The Hall–Kier alpha value is -3.28. The maximum atomic E-state index is 8.99. The summed E-state index contributed by atoms with van der Waals surface area (Å²) in [4.78, 5) is 10.3. The second kappa shape index (κ2) is 5.49. The summed E-state index contributed by atoms with van der Waals surface area (Å²) in [6, 6.07) is 5.88. The van der Waals surface area contributed by atoms with Crippen molar-refractivity contribution in [1.82, 2.24) is 29.8 Å². The molecule has 0 spiro atoms. The predicted molar refractivity (Wildman–Crippen MR) is 81.7 cm³/mol. The Labute approximate surface area is 131 Å². The summed E-state index contributed by atoms with van der Waals surface area (Å²) >= 11 is 0. The Kier molecular flexibility index (Phi) is 3.20. The number of rotatable bonds is 4. The molecule has 1 saturated heterocycles. The SMILES string of the molecule is N#Cc1nccnc1NCC1CN(c2ccc3nncn3n2)C1. The Bertz CT molecular complexity index is 875. The number of nitriles is 1. The van der Waals surface area contributed by atoms with Gasteiger partial charge in [0.1, 0.15) is 18.2 Å². The summed E-state index contributed by atoms with van der Waals surface area (Å²) < 4.78 is 1.67. The van der Waals surface area contributed by atoms with Gasteiger partial charge in [-0.25, -0.2) is 9.97 Å². The molecule has 1 N–H and O–H groups in total. The van der Waals surface area contributed by atoms with Crippen molar-refractivity contribution in [2.75, 3.05) is 29.9 Å². The lowest BCUT2D eigenvalue weighted by atomic mass is 10.0. The molecular weight excluding hydrogens is 294 g/mol. The lowest BCUT2D eigenvalue weighted by Gasteiger charge is -2.40. The molecule has 0 saturated carbocycles. The molecule has 23 heavy (non-hydrogen) atoms. The van der Waals surface area contributed by atoms with Gasteiger partial charge in [0.15, 0.2) is 17.2 Å². The molecular formula is C14H13N9. The number of aromatic nitrogens is 6. The molecule has 1 aliphatic rings. The Morgan fingerprint density at radius 3 is 3.00 bits per heavy atom. The number of hydrogen-bond donors (Lipinski definition) is 1. The zero-order valence-corrected chi connectivity index (χ0v) is 12.2. The minimum absolute atomic E-state index is 0.323. The lowest BCUT2D eigenvalue weighted by molar-refractivity contribution is 0.424. The van der Waals surface area contributed by atoms with E-state index in [1.165, 1.54) is 6.20 Å². The van der Waals surface area contributed by atoms with Crippen molar-refractivity contribution in [3.8, 4) is 6.07 Å². The second-order valence-electron chi connectivity index (χ2n) is 5.34. The highest BCUT2D eigenvalue weighted by molar-refractivity contribution is 5.49. The van der Waals surface area contributed by atoms with E-state index >= 15 is 0 Å². The first-order valence-electron chi connectivity index (χ1n) is 7.20. The first-order valence-corrected chi connectivity index (χ1v) is 7.20. The fourth-order valence-electron chi connectivity index (χ4n) is 2.56. The number of hydrogen-bond acceptors (Lipinski definition) is 8. The summed E-state index contributed by atoms with van der Waals surface area (Å²) in [5.74, 6) is 1.92. The van der Waals surface area contributed by atoms with Crippen LogP contribution in [0.4, 0.5) is 11.6 Å². The third kappa shape index (κ3) is 2.50. The first kappa shape index (κ1) is 13.4. The number of fused-ring (bicyclic) bond motifs is 1. The quantitative estimate of drug-likeness (QED) is 0.735. The highest BCUT2D eigenvalue weighted by Gasteiger charge is 2.28. The fourth-order valence-corrected chi connectivity index (χ4v) is 2.56. The average Bonchev–Trinajstić information content (AvgIpc) is 3.01. The summed E-state index contributed by atoms with van der Waals surface area (Å²) in [7, 11) is 0. The molecule has 0 unspecified atom stereocenters. The molecule has 9 nitrogen and oxygen atoms in total. The number of nitrogens with zero attached hydrogens (tertiary/aromatic N) is 8. The number of nitrogens with one attached hydrogen (secondary N) is 1. The zero-order valence-electron chi connectivity index (χ0n) is 12.2. The van der Waals surface area contributed by atoms with Crippen molar-refractivity contribution >= 4 is 17.3 Å². The predicted octanol–water partition coefficient (Wildman–Crippen LogP) is 0.334. The highest BCUT2D eigenvalue weighted by Crippen LogP contribution is 2.23. The van der Waals surface area contributed by atoms with Crippen LogP contribution >= 0.6 is 0 Å². The van der Waals surface area contributed by atoms with Crippen molar-refractivity contribution < 1.29 is 0 Å². The van der Waals surface area contributed by atoms with Gasteiger partial charge in [-0.05, 0) is 12.1 Å². The second-order valence-corrected chi connectivity index (χ2v) is 5.34. The molecule has 0 atom stereocenters. The lowest BCUT2D eigenvalue weighted by Crippen LogP contribution is -2.50. The first-order chi connectivity index (χ1) is 11.3. The average molecular weight is 307 g/mol. The van der Waals surface area contributed by atoms with E-state index in [4.69, 9.17) is 5.26 Å². The monoisotopic (exact) mass is 307 g/mol. The van der Waals surface area contributed by atoms with E-state index in [9.17, 15) is 0 Å². The molecule has 3 aromatic heterocycles. The molecule has 9 heteroatoms. The van der Waals surface area contributed by atoms with Gasteiger partial charge in [-0.3, -0.25) is 0 Å². The fraction of sp³-hybridized carbons (Fsp3) is 0.286. The summed E-state index contributed by atoms with van der Waals surface area (Å²) in [6.07, 6.45) is 4.69. The van der Waals surface area contributed by atoms with E-state index in [0.29, 0.717) is 17.4 Å². The maximum absolute atomic E-state index is 8.99. The van der Waals surface area contributed by atoms with Crippen LogP contribution in [0.1, 0.15) is 5.69 Å². The van der Waals surface area contributed by atoms with Crippen LogP contribution in [0.3, 0.4) is 0 Å². The molecule has 1 fully saturated rings. The zero-order chi connectivity index (χ0) is 15.6. The van der Waals surface area contributed by atoms with Crippen molar-refractivity contribution in [3.63, 3.8) is 0 Å². The Morgan fingerprint density at radius 2 is 2.13 bits per heavy atom. The van der Waals surface area contributed by atoms with Crippen LogP contribution in [0.25, 0.3) is 5.65 Å². The molecule has 1 aliphatic heterocycles. The smallest absolute Gasteiger partial charge is 0.182 e. The van der Waals surface area contributed by atoms with Gasteiger partial charge in [0.2, 0.25) is 0 Å². The van der Waals surface area contributed by atoms with Gasteiger partial charge in [0.05, 0.1) is 0 Å². The van der Waals surface area contributed by atoms with Crippen LogP contribution in [0.15, 0.2) is 30.9 Å². The van der Waals surface area contributed by atoms with Crippen LogP contribution in [0, 0.1) is 17.2 Å². The van der Waals surface area contributed by atoms with Crippen LogP contribution in [0.5, 0.6) is 0 Å². The molecule has 0 aromatic carbocycles.